The molecule has 1 N–H and O–H groups in total. The minimum atomic E-state index is -3.51. The summed E-state index contributed by atoms with van der Waals surface area (Å²) in [6.45, 7) is 2.09. The Bertz CT molecular complexity index is 705. The van der Waals surface area contributed by atoms with E-state index in [1.165, 1.54) is 0 Å². The SMILES string of the molecule is COc1ccc(S(=O)(=O)NCc2ccn(C)c2)cc1C. The summed E-state index contributed by atoms with van der Waals surface area (Å²) in [5.41, 5.74) is 1.70. The molecule has 108 valence electrons. The molecule has 0 saturated carbocycles. The zero-order valence-electron chi connectivity index (χ0n) is 11.8. The predicted molar refractivity (Wildman–Crippen MR) is 77.2 cm³/mol. The lowest BCUT2D eigenvalue weighted by Gasteiger charge is -2.09. The van der Waals surface area contributed by atoms with Gasteiger partial charge in [-0.1, -0.05) is 0 Å². The van der Waals surface area contributed by atoms with Crippen molar-refractivity contribution in [2.75, 3.05) is 7.11 Å². The maximum Gasteiger partial charge on any atom is 0.240 e. The maximum atomic E-state index is 12.2. The normalized spacial score (nSPS) is 11.6. The van der Waals surface area contributed by atoms with Crippen LogP contribution >= 0.6 is 0 Å². The molecule has 0 bridgehead atoms. The van der Waals surface area contributed by atoms with Crippen molar-refractivity contribution in [1.82, 2.24) is 9.29 Å². The van der Waals surface area contributed by atoms with Gasteiger partial charge in [0.1, 0.15) is 5.75 Å². The van der Waals surface area contributed by atoms with Crippen LogP contribution in [0.25, 0.3) is 0 Å². The molecule has 0 aliphatic rings. The van der Waals surface area contributed by atoms with Gasteiger partial charge in [0.2, 0.25) is 10.0 Å². The third-order valence-electron chi connectivity index (χ3n) is 3.04. The van der Waals surface area contributed by atoms with Gasteiger partial charge in [0.05, 0.1) is 12.0 Å². The van der Waals surface area contributed by atoms with Gasteiger partial charge in [-0.3, -0.25) is 0 Å². The van der Waals surface area contributed by atoms with Crippen molar-refractivity contribution in [1.29, 1.82) is 0 Å². The second-order valence-corrected chi connectivity index (χ2v) is 6.41. The first-order valence-corrected chi connectivity index (χ1v) is 7.66. The molecule has 2 rings (SSSR count). The van der Waals surface area contributed by atoms with Crippen LogP contribution in [0.5, 0.6) is 5.75 Å². The summed E-state index contributed by atoms with van der Waals surface area (Å²) in [5, 5.41) is 0. The quantitative estimate of drug-likeness (QED) is 0.915. The van der Waals surface area contributed by atoms with Crippen LogP contribution in [0, 0.1) is 6.92 Å². The van der Waals surface area contributed by atoms with Crippen molar-refractivity contribution in [3.05, 3.63) is 47.8 Å². The smallest absolute Gasteiger partial charge is 0.240 e. The van der Waals surface area contributed by atoms with E-state index in [9.17, 15) is 8.42 Å². The number of methoxy groups -OCH3 is 1. The fraction of sp³-hybridized carbons (Fsp3) is 0.286. The average Bonchev–Trinajstić information content (AvgIpc) is 2.82. The van der Waals surface area contributed by atoms with E-state index in [1.807, 2.05) is 37.0 Å². The van der Waals surface area contributed by atoms with Crippen molar-refractivity contribution >= 4 is 10.0 Å². The van der Waals surface area contributed by atoms with Gasteiger partial charge in [-0.05, 0) is 42.3 Å². The molecule has 0 aliphatic carbocycles. The van der Waals surface area contributed by atoms with E-state index in [0.717, 1.165) is 11.1 Å². The van der Waals surface area contributed by atoms with E-state index >= 15 is 0 Å². The highest BCUT2D eigenvalue weighted by molar-refractivity contribution is 7.89. The first kappa shape index (κ1) is 14.6. The van der Waals surface area contributed by atoms with Crippen LogP contribution < -0.4 is 9.46 Å². The van der Waals surface area contributed by atoms with E-state index in [0.29, 0.717) is 5.75 Å². The van der Waals surface area contributed by atoms with Gasteiger partial charge < -0.3 is 9.30 Å². The molecule has 1 heterocycles. The number of hydrogen-bond donors (Lipinski definition) is 1. The lowest BCUT2D eigenvalue weighted by molar-refractivity contribution is 0.411. The first-order valence-electron chi connectivity index (χ1n) is 6.17. The van der Waals surface area contributed by atoms with Gasteiger partial charge >= 0.3 is 0 Å². The van der Waals surface area contributed by atoms with Crippen LogP contribution in [0.1, 0.15) is 11.1 Å². The van der Waals surface area contributed by atoms with Crippen molar-refractivity contribution in [3.63, 3.8) is 0 Å². The molecule has 0 aliphatic heterocycles. The number of aryl methyl sites for hydroxylation is 2. The molecule has 0 radical (unpaired) electrons. The molecule has 1 aromatic heterocycles. The van der Waals surface area contributed by atoms with Crippen molar-refractivity contribution in [3.8, 4) is 5.75 Å². The summed E-state index contributed by atoms with van der Waals surface area (Å²) < 4.78 is 34.0. The molecule has 0 fully saturated rings. The Morgan fingerprint density at radius 3 is 2.60 bits per heavy atom. The van der Waals surface area contributed by atoms with Crippen molar-refractivity contribution < 1.29 is 13.2 Å². The summed E-state index contributed by atoms with van der Waals surface area (Å²) >= 11 is 0. The van der Waals surface area contributed by atoms with Gasteiger partial charge in [-0.15, -0.1) is 0 Å². The van der Waals surface area contributed by atoms with Crippen LogP contribution in [0.4, 0.5) is 0 Å². The summed E-state index contributed by atoms with van der Waals surface area (Å²) in [6, 6.07) is 6.68. The maximum absolute atomic E-state index is 12.2. The molecule has 0 spiro atoms. The standard InChI is InChI=1S/C14H18N2O3S/c1-11-8-13(4-5-14(11)19-3)20(17,18)15-9-12-6-7-16(2)10-12/h4-8,10,15H,9H2,1-3H3. The Morgan fingerprint density at radius 1 is 1.30 bits per heavy atom. The van der Waals surface area contributed by atoms with Gasteiger partial charge in [-0.25, -0.2) is 13.1 Å². The number of rotatable bonds is 5. The minimum absolute atomic E-state index is 0.242. The highest BCUT2D eigenvalue weighted by atomic mass is 32.2. The third-order valence-corrected chi connectivity index (χ3v) is 4.44. The molecule has 2 aromatic rings. The lowest BCUT2D eigenvalue weighted by atomic mass is 10.2. The van der Waals surface area contributed by atoms with Crippen molar-refractivity contribution in [2.45, 2.75) is 18.4 Å². The zero-order chi connectivity index (χ0) is 14.8. The predicted octanol–water partition coefficient (Wildman–Crippen LogP) is 1.82. The zero-order valence-corrected chi connectivity index (χ0v) is 12.6. The lowest BCUT2D eigenvalue weighted by Crippen LogP contribution is -2.23. The molecular formula is C14H18N2O3S. The highest BCUT2D eigenvalue weighted by Crippen LogP contribution is 2.21. The van der Waals surface area contributed by atoms with Gasteiger partial charge in [0.25, 0.3) is 0 Å². The Labute approximate surface area is 119 Å². The average molecular weight is 294 g/mol. The monoisotopic (exact) mass is 294 g/mol. The molecular weight excluding hydrogens is 276 g/mol. The second kappa shape index (κ2) is 5.68. The van der Waals surface area contributed by atoms with E-state index in [2.05, 4.69) is 4.72 Å². The molecule has 1 aromatic carbocycles. The molecule has 5 nitrogen and oxygen atoms in total. The van der Waals surface area contributed by atoms with Gasteiger partial charge in [0, 0.05) is 26.0 Å². The number of nitrogens with one attached hydrogen (secondary N) is 1. The Balaban J connectivity index is 2.15. The Morgan fingerprint density at radius 2 is 2.05 bits per heavy atom. The number of benzene rings is 1. The van der Waals surface area contributed by atoms with E-state index < -0.39 is 10.0 Å². The molecule has 6 heteroatoms. The Hall–Kier alpha value is -1.79. The van der Waals surface area contributed by atoms with Crippen LogP contribution in [0.3, 0.4) is 0 Å². The largest absolute Gasteiger partial charge is 0.496 e. The molecule has 0 amide bonds. The summed E-state index contributed by atoms with van der Waals surface area (Å²) in [7, 11) is -0.0581. The van der Waals surface area contributed by atoms with Crippen LogP contribution in [-0.2, 0) is 23.6 Å². The molecule has 0 saturated heterocycles. The highest BCUT2D eigenvalue weighted by Gasteiger charge is 2.15. The summed E-state index contributed by atoms with van der Waals surface area (Å²) in [4.78, 5) is 0.242. The number of sulfonamides is 1. The molecule has 0 unspecified atom stereocenters. The van der Waals surface area contributed by atoms with Crippen LogP contribution in [-0.4, -0.2) is 20.1 Å². The van der Waals surface area contributed by atoms with Gasteiger partial charge in [0.15, 0.2) is 0 Å². The number of aromatic nitrogens is 1. The van der Waals surface area contributed by atoms with Gasteiger partial charge in [-0.2, -0.15) is 0 Å². The fourth-order valence-corrected chi connectivity index (χ4v) is 3.05. The molecule has 20 heavy (non-hydrogen) atoms. The van der Waals surface area contributed by atoms with Crippen LogP contribution in [0.15, 0.2) is 41.6 Å². The number of ether oxygens (including phenoxy) is 1. The first-order chi connectivity index (χ1) is 9.42. The number of hydrogen-bond acceptors (Lipinski definition) is 3. The third kappa shape index (κ3) is 3.20. The second-order valence-electron chi connectivity index (χ2n) is 4.64. The summed E-state index contributed by atoms with van der Waals surface area (Å²) in [6.07, 6.45) is 3.75. The fourth-order valence-electron chi connectivity index (χ4n) is 1.95. The number of nitrogens with zero attached hydrogens (tertiary/aromatic N) is 1. The topological polar surface area (TPSA) is 60.3 Å². The molecule has 0 atom stereocenters. The van der Waals surface area contributed by atoms with E-state index in [1.54, 1.807) is 25.3 Å². The summed E-state index contributed by atoms with van der Waals surface area (Å²) in [5.74, 6) is 0.673. The minimum Gasteiger partial charge on any atom is -0.496 e. The van der Waals surface area contributed by atoms with E-state index in [-0.39, 0.29) is 11.4 Å². The van der Waals surface area contributed by atoms with E-state index in [4.69, 9.17) is 4.74 Å². The van der Waals surface area contributed by atoms with Crippen LogP contribution in [0.2, 0.25) is 0 Å². The Kier molecular flexibility index (Phi) is 4.15. The van der Waals surface area contributed by atoms with Crippen molar-refractivity contribution in [2.24, 2.45) is 7.05 Å².